The molecule has 0 bridgehead atoms. The maximum Gasteiger partial charge on any atom is 0.252 e. The highest BCUT2D eigenvalue weighted by atomic mass is 16.5. The molecule has 0 saturated carbocycles. The van der Waals surface area contributed by atoms with Crippen molar-refractivity contribution in [1.82, 2.24) is 10.6 Å². The largest absolute Gasteiger partial charge is 0.387 e. The van der Waals surface area contributed by atoms with Gasteiger partial charge in [0.15, 0.2) is 12.2 Å². The summed E-state index contributed by atoms with van der Waals surface area (Å²) in [5.74, 6) is -1.29. The Balaban J connectivity index is 1.49. The Kier molecular flexibility index (Phi) is 13.5. The van der Waals surface area contributed by atoms with Crippen LogP contribution in [0.25, 0.3) is 0 Å². The first-order valence-corrected chi connectivity index (χ1v) is 14.9. The molecule has 2 fully saturated rings. The van der Waals surface area contributed by atoms with Crippen LogP contribution in [0.15, 0.2) is 60.7 Å². The van der Waals surface area contributed by atoms with Crippen LogP contribution in [0.3, 0.4) is 0 Å². The van der Waals surface area contributed by atoms with Gasteiger partial charge < -0.3 is 49.3 Å². The summed E-state index contributed by atoms with van der Waals surface area (Å²) < 4.78 is 33.5. The van der Waals surface area contributed by atoms with E-state index in [0.29, 0.717) is 26.1 Å². The topological polar surface area (TPSA) is 154 Å². The quantitative estimate of drug-likeness (QED) is 0.200. The molecule has 4 rings (SSSR count). The summed E-state index contributed by atoms with van der Waals surface area (Å²) in [6, 6.07) is 17.6. The molecule has 2 saturated heterocycles. The Morgan fingerprint density at radius 2 is 1.11 bits per heavy atom. The summed E-state index contributed by atoms with van der Waals surface area (Å²) in [7, 11) is 3.15. The molecule has 12 nitrogen and oxygen atoms in total. The van der Waals surface area contributed by atoms with Crippen LogP contribution in [0.2, 0.25) is 0 Å². The summed E-state index contributed by atoms with van der Waals surface area (Å²) in [5, 5.41) is 28.6. The van der Waals surface area contributed by atoms with Gasteiger partial charge in [0.2, 0.25) is 0 Å². The molecule has 0 spiro atoms. The van der Waals surface area contributed by atoms with Crippen molar-refractivity contribution in [3.8, 4) is 0 Å². The summed E-state index contributed by atoms with van der Waals surface area (Å²) in [6.45, 7) is 1.27. The Morgan fingerprint density at radius 1 is 0.727 bits per heavy atom. The number of ether oxygens (including phenoxy) is 6. The lowest BCUT2D eigenvalue weighted by Crippen LogP contribution is -2.57. The predicted molar refractivity (Wildman–Crippen MR) is 158 cm³/mol. The number of nitrogens with one attached hydrogen (secondary N) is 2. The third-order valence-corrected chi connectivity index (χ3v) is 7.59. The van der Waals surface area contributed by atoms with Crippen LogP contribution in [-0.4, -0.2) is 111 Å². The molecule has 2 amide bonds. The fraction of sp³-hybridized carbons (Fsp3) is 0.562. The van der Waals surface area contributed by atoms with Crippen molar-refractivity contribution >= 4 is 11.8 Å². The summed E-state index contributed by atoms with van der Waals surface area (Å²) in [5.41, 5.74) is 1.52. The molecular weight excluding hydrogens is 572 g/mol. The molecule has 0 aromatic heterocycles. The zero-order valence-corrected chi connectivity index (χ0v) is 25.2. The molecule has 2 aliphatic rings. The number of carbonyl (C=O) groups excluding carboxylic acids is 2. The smallest absolute Gasteiger partial charge is 0.252 e. The molecule has 2 aromatic rings. The zero-order chi connectivity index (χ0) is 31.3. The number of hydrogen-bond donors (Lipinski definition) is 4. The normalized spacial score (nSPS) is 24.4. The summed E-state index contributed by atoms with van der Waals surface area (Å²) in [4.78, 5) is 27.0. The number of aliphatic hydroxyl groups excluding tert-OH is 2. The van der Waals surface area contributed by atoms with Gasteiger partial charge in [-0.25, -0.2) is 0 Å². The fourth-order valence-electron chi connectivity index (χ4n) is 5.32. The molecule has 2 aromatic carbocycles. The number of aliphatic hydroxyl groups is 2. The van der Waals surface area contributed by atoms with Crippen LogP contribution in [0.4, 0.5) is 0 Å². The van der Waals surface area contributed by atoms with Crippen molar-refractivity contribution in [2.24, 2.45) is 0 Å². The fourth-order valence-corrected chi connectivity index (χ4v) is 5.32. The average molecular weight is 617 g/mol. The molecule has 242 valence electrons. The zero-order valence-electron chi connectivity index (χ0n) is 25.2. The van der Waals surface area contributed by atoms with Gasteiger partial charge in [-0.1, -0.05) is 60.7 Å². The number of amides is 2. The van der Waals surface area contributed by atoms with Crippen LogP contribution in [0.5, 0.6) is 0 Å². The predicted octanol–water partition coefficient (Wildman–Crippen LogP) is 0.719. The van der Waals surface area contributed by atoms with Crippen LogP contribution in [0.1, 0.15) is 24.0 Å². The van der Waals surface area contributed by atoms with E-state index in [-0.39, 0.29) is 50.7 Å². The van der Waals surface area contributed by atoms with E-state index in [9.17, 15) is 19.8 Å². The molecule has 2 heterocycles. The molecule has 0 aliphatic carbocycles. The first-order valence-electron chi connectivity index (χ1n) is 14.9. The minimum Gasteiger partial charge on any atom is -0.387 e. The van der Waals surface area contributed by atoms with Crippen molar-refractivity contribution in [1.29, 1.82) is 0 Å². The first-order chi connectivity index (χ1) is 21.4. The molecular formula is C32H44N2O10. The second-order valence-corrected chi connectivity index (χ2v) is 11.1. The Labute approximate surface area is 257 Å². The molecule has 4 N–H and O–H groups in total. The van der Waals surface area contributed by atoms with Crippen LogP contribution >= 0.6 is 0 Å². The van der Waals surface area contributed by atoms with E-state index in [1.54, 1.807) is 14.2 Å². The first kappa shape index (κ1) is 33.9. The standard InChI is InChI=1S/C32H44N2O10/c1-39-19-25-13-23(17-41-25)33-31(37)29(43-15-21-9-5-3-6-10-21)27(35)28(36)30(44-16-22-11-7-4-8-12-22)32(38)34-24-14-26(20-40-2)42-18-24/h3-12,23-30,35-36H,13-20H2,1-2H3,(H,33,37)(H,34,38)/t23-,24?,25-,26-,27+,28+,29+,30+/m0/s1. The number of carbonyl (C=O) groups is 2. The third kappa shape index (κ3) is 10.0. The van der Waals surface area contributed by atoms with Gasteiger partial charge in [0, 0.05) is 14.2 Å². The highest BCUT2D eigenvalue weighted by Crippen LogP contribution is 2.20. The second kappa shape index (κ2) is 17.5. The van der Waals surface area contributed by atoms with Crippen molar-refractivity contribution in [2.75, 3.05) is 40.6 Å². The highest BCUT2D eigenvalue weighted by Gasteiger charge is 2.42. The molecule has 8 atom stereocenters. The van der Waals surface area contributed by atoms with E-state index in [4.69, 9.17) is 28.4 Å². The number of methoxy groups -OCH3 is 2. The van der Waals surface area contributed by atoms with Crippen molar-refractivity contribution in [2.45, 2.75) is 74.8 Å². The van der Waals surface area contributed by atoms with Crippen LogP contribution < -0.4 is 10.6 Å². The van der Waals surface area contributed by atoms with Gasteiger partial charge >= 0.3 is 0 Å². The minimum atomic E-state index is -1.82. The van der Waals surface area contributed by atoms with E-state index >= 15 is 0 Å². The van der Waals surface area contributed by atoms with Crippen molar-refractivity contribution < 1.29 is 48.2 Å². The lowest BCUT2D eigenvalue weighted by atomic mass is 10.00. The van der Waals surface area contributed by atoms with Gasteiger partial charge in [-0.05, 0) is 24.0 Å². The SMILES string of the molecule is COC[C@@H]1CC(NC(=O)[C@H](OCc2ccccc2)[C@H](O)[C@@H](O)[C@@H](OCc2ccccc2)C(=O)N[C@@H]2CO[C@H](COC)C2)CO1. The molecule has 0 radical (unpaired) electrons. The molecule has 2 aliphatic heterocycles. The lowest BCUT2D eigenvalue weighted by molar-refractivity contribution is -0.171. The number of rotatable bonds is 17. The van der Waals surface area contributed by atoms with E-state index < -0.39 is 36.2 Å². The number of hydrogen-bond acceptors (Lipinski definition) is 10. The van der Waals surface area contributed by atoms with E-state index in [1.807, 2.05) is 60.7 Å². The molecule has 44 heavy (non-hydrogen) atoms. The van der Waals surface area contributed by atoms with E-state index in [0.717, 1.165) is 11.1 Å². The number of benzene rings is 2. The monoisotopic (exact) mass is 616 g/mol. The molecule has 1 unspecified atom stereocenters. The van der Waals surface area contributed by atoms with Gasteiger partial charge in [-0.15, -0.1) is 0 Å². The lowest BCUT2D eigenvalue weighted by Gasteiger charge is -2.31. The second-order valence-electron chi connectivity index (χ2n) is 11.1. The summed E-state index contributed by atoms with van der Waals surface area (Å²) in [6.07, 6.45) is -6.00. The highest BCUT2D eigenvalue weighted by molar-refractivity contribution is 5.84. The Hall–Kier alpha value is -2.94. The maximum absolute atomic E-state index is 13.5. The van der Waals surface area contributed by atoms with Crippen LogP contribution in [0, 0.1) is 0 Å². The van der Waals surface area contributed by atoms with Gasteiger partial charge in [0.05, 0.1) is 63.9 Å². The van der Waals surface area contributed by atoms with Crippen molar-refractivity contribution in [3.05, 3.63) is 71.8 Å². The van der Waals surface area contributed by atoms with Gasteiger partial charge in [-0.3, -0.25) is 9.59 Å². The summed E-state index contributed by atoms with van der Waals surface area (Å²) >= 11 is 0. The maximum atomic E-state index is 13.5. The van der Waals surface area contributed by atoms with E-state index in [2.05, 4.69) is 10.6 Å². The average Bonchev–Trinajstić information content (AvgIpc) is 3.67. The Morgan fingerprint density at radius 3 is 1.48 bits per heavy atom. The molecule has 12 heteroatoms. The Bertz CT molecular complexity index is 1050. The van der Waals surface area contributed by atoms with Crippen molar-refractivity contribution in [3.63, 3.8) is 0 Å². The van der Waals surface area contributed by atoms with Gasteiger partial charge in [0.25, 0.3) is 11.8 Å². The van der Waals surface area contributed by atoms with Gasteiger partial charge in [-0.2, -0.15) is 0 Å². The van der Waals surface area contributed by atoms with Gasteiger partial charge in [0.1, 0.15) is 12.2 Å². The third-order valence-electron chi connectivity index (χ3n) is 7.59. The minimum absolute atomic E-state index is 0.0157. The van der Waals surface area contributed by atoms with Crippen LogP contribution in [-0.2, 0) is 51.2 Å². The van der Waals surface area contributed by atoms with E-state index in [1.165, 1.54) is 0 Å².